The Kier molecular flexibility index (Phi) is 2.27. The minimum atomic E-state index is -0.111. The number of fused-ring (bicyclic) bond motifs is 3. The van der Waals surface area contributed by atoms with E-state index in [1.54, 1.807) is 0 Å². The summed E-state index contributed by atoms with van der Waals surface area (Å²) in [5, 5.41) is 3.67. The Labute approximate surface area is 141 Å². The Morgan fingerprint density at radius 1 is 1.29 bits per heavy atom. The zero-order valence-electron chi connectivity index (χ0n) is 14.0. The van der Waals surface area contributed by atoms with Crippen LogP contribution in [-0.4, -0.2) is 37.1 Å². The van der Waals surface area contributed by atoms with E-state index in [1.807, 2.05) is 0 Å². The zero-order valence-corrected chi connectivity index (χ0v) is 14.0. The summed E-state index contributed by atoms with van der Waals surface area (Å²) >= 11 is 0. The van der Waals surface area contributed by atoms with Crippen LogP contribution >= 0.6 is 0 Å². The SMILES string of the molecule is COC(=O)C1=C2Nc3ccccc3[C@@]23CCN2CC4(CC4)[C@H]1C[C@@H]23. The molecular weight excluding hydrogens is 300 g/mol. The molecule has 4 nitrogen and oxygen atoms in total. The first-order valence-corrected chi connectivity index (χ1v) is 9.13. The molecular formula is C20H22N2O2. The molecule has 0 aromatic heterocycles. The number of benzene rings is 1. The van der Waals surface area contributed by atoms with E-state index in [4.69, 9.17) is 4.74 Å². The average Bonchev–Trinajstić information content (AvgIpc) is 3.14. The molecule has 3 aliphatic heterocycles. The van der Waals surface area contributed by atoms with Gasteiger partial charge in [0.1, 0.15) is 0 Å². The van der Waals surface area contributed by atoms with Gasteiger partial charge < -0.3 is 10.1 Å². The first-order chi connectivity index (χ1) is 11.7. The van der Waals surface area contributed by atoms with Crippen molar-refractivity contribution in [1.29, 1.82) is 0 Å². The number of nitrogens with zero attached hydrogens (tertiary/aromatic N) is 1. The predicted octanol–water partition coefficient (Wildman–Crippen LogP) is 2.67. The lowest BCUT2D eigenvalue weighted by atomic mass is 9.59. The van der Waals surface area contributed by atoms with Gasteiger partial charge in [-0.2, -0.15) is 0 Å². The van der Waals surface area contributed by atoms with Gasteiger partial charge in [-0.3, -0.25) is 4.90 Å². The number of nitrogens with one attached hydrogen (secondary N) is 1. The van der Waals surface area contributed by atoms with Crippen molar-refractivity contribution in [2.24, 2.45) is 11.3 Å². The molecule has 0 unspecified atom stereocenters. The lowest BCUT2D eigenvalue weighted by molar-refractivity contribution is -0.138. The second-order valence-corrected chi connectivity index (χ2v) is 8.31. The Morgan fingerprint density at radius 2 is 2.12 bits per heavy atom. The maximum atomic E-state index is 12.8. The third kappa shape index (κ3) is 1.32. The van der Waals surface area contributed by atoms with Crippen molar-refractivity contribution in [3.8, 4) is 0 Å². The zero-order chi connectivity index (χ0) is 16.1. The summed E-state index contributed by atoms with van der Waals surface area (Å²) in [4.78, 5) is 15.5. The van der Waals surface area contributed by atoms with Crippen molar-refractivity contribution < 1.29 is 9.53 Å². The van der Waals surface area contributed by atoms with Gasteiger partial charge in [-0.25, -0.2) is 4.79 Å². The molecule has 3 atom stereocenters. The fourth-order valence-electron chi connectivity index (χ4n) is 6.38. The van der Waals surface area contributed by atoms with Crippen LogP contribution in [0, 0.1) is 11.3 Å². The molecule has 2 aliphatic carbocycles. The topological polar surface area (TPSA) is 41.6 Å². The van der Waals surface area contributed by atoms with Gasteiger partial charge in [0.05, 0.1) is 18.1 Å². The lowest BCUT2D eigenvalue weighted by Gasteiger charge is -2.51. The highest BCUT2D eigenvalue weighted by molar-refractivity contribution is 5.94. The summed E-state index contributed by atoms with van der Waals surface area (Å²) in [5.41, 5.74) is 5.02. The fraction of sp³-hybridized carbons (Fsp3) is 0.550. The number of rotatable bonds is 1. The third-order valence-corrected chi connectivity index (χ3v) is 7.55. The number of ether oxygens (including phenoxy) is 1. The van der Waals surface area contributed by atoms with Gasteiger partial charge in [-0.1, -0.05) is 18.2 Å². The second-order valence-electron chi connectivity index (χ2n) is 8.31. The first-order valence-electron chi connectivity index (χ1n) is 9.13. The van der Waals surface area contributed by atoms with Gasteiger partial charge in [0.15, 0.2) is 0 Å². The van der Waals surface area contributed by atoms with Crippen molar-refractivity contribution in [3.05, 3.63) is 41.1 Å². The Morgan fingerprint density at radius 3 is 2.92 bits per heavy atom. The summed E-state index contributed by atoms with van der Waals surface area (Å²) in [6.07, 6.45) is 4.74. The second kappa shape index (κ2) is 4.05. The molecule has 1 saturated carbocycles. The minimum Gasteiger partial charge on any atom is -0.466 e. The molecule has 6 rings (SSSR count). The van der Waals surface area contributed by atoms with E-state index in [0.717, 1.165) is 25.0 Å². The van der Waals surface area contributed by atoms with Gasteiger partial charge in [0.25, 0.3) is 0 Å². The van der Waals surface area contributed by atoms with Crippen LogP contribution in [0.25, 0.3) is 0 Å². The Bertz CT molecular complexity index is 810. The monoisotopic (exact) mass is 322 g/mol. The van der Waals surface area contributed by atoms with Crippen molar-refractivity contribution in [3.63, 3.8) is 0 Å². The molecule has 2 spiro atoms. The predicted molar refractivity (Wildman–Crippen MR) is 90.5 cm³/mol. The van der Waals surface area contributed by atoms with Gasteiger partial charge in [0.2, 0.25) is 0 Å². The maximum Gasteiger partial charge on any atom is 0.335 e. The van der Waals surface area contributed by atoms with E-state index in [0.29, 0.717) is 17.4 Å². The summed E-state index contributed by atoms with van der Waals surface area (Å²) in [5.74, 6) is 0.258. The van der Waals surface area contributed by atoms with Crippen LogP contribution in [0.2, 0.25) is 0 Å². The minimum absolute atomic E-state index is 0.0207. The van der Waals surface area contributed by atoms with Gasteiger partial charge in [0, 0.05) is 29.9 Å². The van der Waals surface area contributed by atoms with Gasteiger partial charge >= 0.3 is 5.97 Å². The van der Waals surface area contributed by atoms with E-state index in [-0.39, 0.29) is 11.4 Å². The standard InChI is InChI=1S/C20H22N2O2/c1-24-18(23)16-13-10-15-20(8-9-22(15)11-19(13)6-7-19)12-4-2-3-5-14(12)21-17(16)20/h2-5,13,15,21H,6-11H2,1H3/t13-,15+,20+/m0/s1. The van der Waals surface area contributed by atoms with Crippen LogP contribution in [0.3, 0.4) is 0 Å². The van der Waals surface area contributed by atoms with Crippen molar-refractivity contribution in [1.82, 2.24) is 4.90 Å². The van der Waals surface area contributed by atoms with Crippen LogP contribution in [0.15, 0.2) is 35.5 Å². The lowest BCUT2D eigenvalue weighted by Crippen LogP contribution is -2.56. The molecule has 2 saturated heterocycles. The highest BCUT2D eigenvalue weighted by Gasteiger charge is 2.68. The van der Waals surface area contributed by atoms with Crippen LogP contribution in [0.5, 0.6) is 0 Å². The third-order valence-electron chi connectivity index (χ3n) is 7.55. The van der Waals surface area contributed by atoms with Gasteiger partial charge in [-0.15, -0.1) is 0 Å². The molecule has 124 valence electrons. The fourth-order valence-corrected chi connectivity index (χ4v) is 6.38. The molecule has 3 fully saturated rings. The molecule has 1 aromatic carbocycles. The normalized spacial score (nSPS) is 37.0. The van der Waals surface area contributed by atoms with Crippen LogP contribution in [0.4, 0.5) is 5.69 Å². The Hall–Kier alpha value is -1.81. The van der Waals surface area contributed by atoms with Crippen LogP contribution < -0.4 is 5.32 Å². The molecule has 0 amide bonds. The highest BCUT2D eigenvalue weighted by atomic mass is 16.5. The van der Waals surface area contributed by atoms with E-state index in [9.17, 15) is 4.79 Å². The molecule has 5 aliphatic rings. The Balaban J connectivity index is 1.66. The number of carbonyl (C=O) groups excluding carboxylic acids is 1. The smallest absolute Gasteiger partial charge is 0.335 e. The first kappa shape index (κ1) is 13.5. The molecule has 2 bridgehead atoms. The van der Waals surface area contributed by atoms with Crippen molar-refractivity contribution in [2.75, 3.05) is 25.5 Å². The largest absolute Gasteiger partial charge is 0.466 e. The number of carbonyl (C=O) groups is 1. The molecule has 0 radical (unpaired) electrons. The number of methoxy groups -OCH3 is 1. The maximum absolute atomic E-state index is 12.8. The van der Waals surface area contributed by atoms with Crippen molar-refractivity contribution in [2.45, 2.75) is 37.1 Å². The summed E-state index contributed by atoms with van der Waals surface area (Å²) < 4.78 is 5.26. The summed E-state index contributed by atoms with van der Waals surface area (Å²) in [6.45, 7) is 2.31. The van der Waals surface area contributed by atoms with Gasteiger partial charge in [-0.05, 0) is 49.3 Å². The van der Waals surface area contributed by atoms with E-state index in [1.165, 1.54) is 43.4 Å². The molecule has 24 heavy (non-hydrogen) atoms. The van der Waals surface area contributed by atoms with E-state index >= 15 is 0 Å². The number of esters is 1. The average molecular weight is 322 g/mol. The summed E-state index contributed by atoms with van der Waals surface area (Å²) in [6, 6.07) is 9.17. The quantitative estimate of drug-likeness (QED) is 0.807. The number of para-hydroxylation sites is 1. The summed E-state index contributed by atoms with van der Waals surface area (Å²) in [7, 11) is 1.53. The highest BCUT2D eigenvalue weighted by Crippen LogP contribution is 2.68. The van der Waals surface area contributed by atoms with E-state index < -0.39 is 0 Å². The van der Waals surface area contributed by atoms with Crippen LogP contribution in [-0.2, 0) is 14.9 Å². The van der Waals surface area contributed by atoms with E-state index in [2.05, 4.69) is 34.5 Å². The molecule has 4 heteroatoms. The number of anilines is 1. The van der Waals surface area contributed by atoms with Crippen LogP contribution in [0.1, 0.15) is 31.2 Å². The molecule has 1 N–H and O–H groups in total. The number of piperidine rings is 1. The molecule has 3 heterocycles. The number of hydrogen-bond donors (Lipinski definition) is 1. The number of hydrogen-bond acceptors (Lipinski definition) is 4. The van der Waals surface area contributed by atoms with Crippen molar-refractivity contribution >= 4 is 11.7 Å². The molecule has 1 aromatic rings.